The van der Waals surface area contributed by atoms with Gasteiger partial charge in [0.15, 0.2) is 5.78 Å². The normalized spacial score (nSPS) is 22.8. The number of aliphatic hydroxyl groups is 1. The summed E-state index contributed by atoms with van der Waals surface area (Å²) >= 11 is 0. The second-order valence-electron chi connectivity index (χ2n) is 6.06. The lowest BCUT2D eigenvalue weighted by molar-refractivity contribution is 0.0711. The van der Waals surface area contributed by atoms with E-state index in [-0.39, 0.29) is 18.4 Å². The SMILES string of the molecule is O=C(CN1CCCCC1CO)c1ccc2c(c1)CCC2. The van der Waals surface area contributed by atoms with Crippen LogP contribution in [0.25, 0.3) is 0 Å². The van der Waals surface area contributed by atoms with Crippen molar-refractivity contribution in [2.75, 3.05) is 19.7 Å². The average Bonchev–Trinajstić information content (AvgIpc) is 2.95. The van der Waals surface area contributed by atoms with Crippen LogP contribution in [0, 0.1) is 0 Å². The highest BCUT2D eigenvalue weighted by atomic mass is 16.3. The molecule has 1 fully saturated rings. The summed E-state index contributed by atoms with van der Waals surface area (Å²) in [6.45, 7) is 1.55. The van der Waals surface area contributed by atoms with Gasteiger partial charge in [0.2, 0.25) is 0 Å². The summed E-state index contributed by atoms with van der Waals surface area (Å²) in [5.41, 5.74) is 3.61. The Morgan fingerprint density at radius 1 is 1.20 bits per heavy atom. The summed E-state index contributed by atoms with van der Waals surface area (Å²) in [6.07, 6.45) is 6.78. The van der Waals surface area contributed by atoms with Crippen LogP contribution < -0.4 is 0 Å². The average molecular weight is 273 g/mol. The lowest BCUT2D eigenvalue weighted by atomic mass is 10.00. The third kappa shape index (κ3) is 2.79. The van der Waals surface area contributed by atoms with Crippen molar-refractivity contribution in [2.45, 2.75) is 44.6 Å². The first-order valence-electron chi connectivity index (χ1n) is 7.78. The Bertz CT molecular complexity index is 498. The molecule has 0 aromatic heterocycles. The minimum Gasteiger partial charge on any atom is -0.395 e. The molecule has 3 rings (SSSR count). The van der Waals surface area contributed by atoms with Crippen LogP contribution in [-0.2, 0) is 12.8 Å². The second kappa shape index (κ2) is 6.06. The van der Waals surface area contributed by atoms with Crippen LogP contribution in [0.15, 0.2) is 18.2 Å². The Morgan fingerprint density at radius 2 is 2.05 bits per heavy atom. The number of hydrogen-bond acceptors (Lipinski definition) is 3. The van der Waals surface area contributed by atoms with E-state index in [1.54, 1.807) is 0 Å². The van der Waals surface area contributed by atoms with Gasteiger partial charge in [-0.1, -0.05) is 18.6 Å². The fourth-order valence-corrected chi connectivity index (χ4v) is 3.50. The molecular weight excluding hydrogens is 250 g/mol. The molecule has 0 spiro atoms. The fourth-order valence-electron chi connectivity index (χ4n) is 3.50. The van der Waals surface area contributed by atoms with Crippen molar-refractivity contribution in [1.82, 2.24) is 4.90 Å². The van der Waals surface area contributed by atoms with Gasteiger partial charge >= 0.3 is 0 Å². The Morgan fingerprint density at radius 3 is 2.90 bits per heavy atom. The largest absolute Gasteiger partial charge is 0.395 e. The topological polar surface area (TPSA) is 40.5 Å². The molecule has 1 heterocycles. The van der Waals surface area contributed by atoms with E-state index in [9.17, 15) is 9.90 Å². The number of likely N-dealkylation sites (tertiary alicyclic amines) is 1. The maximum atomic E-state index is 12.5. The van der Waals surface area contributed by atoms with Crippen LogP contribution in [0.2, 0.25) is 0 Å². The number of hydrogen-bond donors (Lipinski definition) is 1. The van der Waals surface area contributed by atoms with Crippen molar-refractivity contribution >= 4 is 5.78 Å². The van der Waals surface area contributed by atoms with E-state index in [1.807, 2.05) is 6.07 Å². The van der Waals surface area contributed by atoms with Crippen LogP contribution >= 0.6 is 0 Å². The van der Waals surface area contributed by atoms with E-state index < -0.39 is 0 Å². The quantitative estimate of drug-likeness (QED) is 0.855. The summed E-state index contributed by atoms with van der Waals surface area (Å²) in [5.74, 6) is 0.194. The van der Waals surface area contributed by atoms with E-state index in [1.165, 1.54) is 17.5 Å². The second-order valence-corrected chi connectivity index (χ2v) is 6.06. The first kappa shape index (κ1) is 13.8. The van der Waals surface area contributed by atoms with Gasteiger partial charge < -0.3 is 5.11 Å². The summed E-state index contributed by atoms with van der Waals surface area (Å²) < 4.78 is 0. The maximum Gasteiger partial charge on any atom is 0.176 e. The summed E-state index contributed by atoms with van der Waals surface area (Å²) in [5, 5.41) is 9.42. The molecule has 1 aliphatic heterocycles. The molecule has 1 atom stereocenters. The molecule has 108 valence electrons. The number of aliphatic hydroxyl groups excluding tert-OH is 1. The zero-order valence-electron chi connectivity index (χ0n) is 12.0. The van der Waals surface area contributed by atoms with Gasteiger partial charge in [0.25, 0.3) is 0 Å². The monoisotopic (exact) mass is 273 g/mol. The summed E-state index contributed by atoms with van der Waals surface area (Å²) in [7, 11) is 0. The molecule has 1 N–H and O–H groups in total. The Hall–Kier alpha value is -1.19. The third-order valence-corrected chi connectivity index (χ3v) is 4.73. The first-order chi connectivity index (χ1) is 9.78. The lowest BCUT2D eigenvalue weighted by Gasteiger charge is -2.33. The number of benzene rings is 1. The van der Waals surface area contributed by atoms with Gasteiger partial charge in [-0.25, -0.2) is 0 Å². The van der Waals surface area contributed by atoms with Crippen molar-refractivity contribution in [3.63, 3.8) is 0 Å². The van der Waals surface area contributed by atoms with E-state index in [0.717, 1.165) is 44.2 Å². The predicted molar refractivity (Wildman–Crippen MR) is 79.1 cm³/mol. The van der Waals surface area contributed by atoms with Crippen LogP contribution in [0.5, 0.6) is 0 Å². The lowest BCUT2D eigenvalue weighted by Crippen LogP contribution is -2.44. The van der Waals surface area contributed by atoms with Gasteiger partial charge in [-0.15, -0.1) is 0 Å². The molecule has 1 aromatic carbocycles. The molecule has 20 heavy (non-hydrogen) atoms. The number of carbonyl (C=O) groups excluding carboxylic acids is 1. The highest BCUT2D eigenvalue weighted by molar-refractivity contribution is 5.97. The number of carbonyl (C=O) groups is 1. The number of ketones is 1. The molecular formula is C17H23NO2. The fraction of sp³-hybridized carbons (Fsp3) is 0.588. The standard InChI is InChI=1S/C17H23NO2/c19-12-16-6-1-2-9-18(16)11-17(20)15-8-7-13-4-3-5-14(13)10-15/h7-8,10,16,19H,1-6,9,11-12H2. The highest BCUT2D eigenvalue weighted by Crippen LogP contribution is 2.23. The predicted octanol–water partition coefficient (Wildman–Crippen LogP) is 2.20. The minimum atomic E-state index is 0.164. The molecule has 0 radical (unpaired) electrons. The molecule has 0 saturated carbocycles. The molecule has 3 nitrogen and oxygen atoms in total. The van der Waals surface area contributed by atoms with E-state index >= 15 is 0 Å². The van der Waals surface area contributed by atoms with Crippen molar-refractivity contribution in [1.29, 1.82) is 0 Å². The number of piperidine rings is 1. The molecule has 3 heteroatoms. The summed E-state index contributed by atoms with van der Waals surface area (Å²) in [4.78, 5) is 14.6. The number of rotatable bonds is 4. The third-order valence-electron chi connectivity index (χ3n) is 4.73. The van der Waals surface area contributed by atoms with E-state index in [0.29, 0.717) is 6.54 Å². The summed E-state index contributed by atoms with van der Waals surface area (Å²) in [6, 6.07) is 6.35. The van der Waals surface area contributed by atoms with Gasteiger partial charge in [0.1, 0.15) is 0 Å². The van der Waals surface area contributed by atoms with Gasteiger partial charge in [0, 0.05) is 11.6 Å². The Balaban J connectivity index is 1.69. The molecule has 1 aliphatic carbocycles. The number of aryl methyl sites for hydroxylation is 2. The highest BCUT2D eigenvalue weighted by Gasteiger charge is 2.24. The minimum absolute atomic E-state index is 0.164. The smallest absolute Gasteiger partial charge is 0.176 e. The zero-order valence-corrected chi connectivity index (χ0v) is 12.0. The molecule has 1 saturated heterocycles. The van der Waals surface area contributed by atoms with Crippen molar-refractivity contribution in [3.05, 3.63) is 34.9 Å². The molecule has 0 bridgehead atoms. The Kier molecular flexibility index (Phi) is 4.18. The van der Waals surface area contributed by atoms with Gasteiger partial charge in [-0.2, -0.15) is 0 Å². The van der Waals surface area contributed by atoms with E-state index in [4.69, 9.17) is 0 Å². The van der Waals surface area contributed by atoms with Crippen molar-refractivity contribution in [2.24, 2.45) is 0 Å². The van der Waals surface area contributed by atoms with Gasteiger partial charge in [-0.3, -0.25) is 9.69 Å². The zero-order chi connectivity index (χ0) is 13.9. The Labute approximate surface area is 120 Å². The van der Waals surface area contributed by atoms with Crippen molar-refractivity contribution < 1.29 is 9.90 Å². The van der Waals surface area contributed by atoms with Crippen LogP contribution in [0.3, 0.4) is 0 Å². The number of nitrogens with zero attached hydrogens (tertiary/aromatic N) is 1. The van der Waals surface area contributed by atoms with Crippen LogP contribution in [0.1, 0.15) is 47.2 Å². The van der Waals surface area contributed by atoms with Gasteiger partial charge in [0.05, 0.1) is 13.2 Å². The molecule has 2 aliphatic rings. The number of Topliss-reactive ketones (excluding diaryl/α,β-unsaturated/α-hetero) is 1. The van der Waals surface area contributed by atoms with Gasteiger partial charge in [-0.05, 0) is 55.8 Å². The molecule has 0 amide bonds. The maximum absolute atomic E-state index is 12.5. The first-order valence-corrected chi connectivity index (χ1v) is 7.78. The van der Waals surface area contributed by atoms with E-state index in [2.05, 4.69) is 17.0 Å². The van der Waals surface area contributed by atoms with Crippen LogP contribution in [-0.4, -0.2) is 41.5 Å². The van der Waals surface area contributed by atoms with Crippen molar-refractivity contribution in [3.8, 4) is 0 Å². The number of fused-ring (bicyclic) bond motifs is 1. The van der Waals surface area contributed by atoms with Crippen LogP contribution in [0.4, 0.5) is 0 Å². The molecule has 1 aromatic rings. The molecule has 1 unspecified atom stereocenters.